The topological polar surface area (TPSA) is 45.2 Å². The molecular formula is C12H15BrClN3O. The summed E-state index contributed by atoms with van der Waals surface area (Å²) in [6.07, 6.45) is 3.75. The minimum absolute atomic E-state index is 0.121. The minimum Gasteiger partial charge on any atom is -0.358 e. The molecule has 98 valence electrons. The normalized spacial score (nSPS) is 16.7. The monoisotopic (exact) mass is 331 g/mol. The number of anilines is 1. The fraction of sp³-hybridized carbons (Fsp3) is 0.500. The Hall–Kier alpha value is -0.810. The first-order chi connectivity index (χ1) is 8.58. The summed E-state index contributed by atoms with van der Waals surface area (Å²) in [6.45, 7) is 3.57. The molecule has 1 aliphatic rings. The van der Waals surface area contributed by atoms with Crippen LogP contribution in [-0.4, -0.2) is 34.9 Å². The molecule has 4 nitrogen and oxygen atoms in total. The molecule has 1 saturated heterocycles. The lowest BCUT2D eigenvalue weighted by atomic mass is 10.3. The highest BCUT2D eigenvalue weighted by Crippen LogP contribution is 2.24. The van der Waals surface area contributed by atoms with E-state index in [9.17, 15) is 4.79 Å². The Kier molecular flexibility index (Phi) is 4.45. The van der Waals surface area contributed by atoms with Gasteiger partial charge in [0.25, 0.3) is 0 Å². The van der Waals surface area contributed by atoms with Gasteiger partial charge in [0.1, 0.15) is 11.9 Å². The molecule has 1 N–H and O–H groups in total. The molecule has 0 saturated carbocycles. The lowest BCUT2D eigenvalue weighted by molar-refractivity contribution is -0.130. The largest absolute Gasteiger partial charge is 0.358 e. The molecule has 2 heterocycles. The number of likely N-dealkylation sites (tertiary alicyclic amines) is 1. The molecule has 0 aromatic carbocycles. The molecule has 1 aromatic rings. The number of amides is 1. The van der Waals surface area contributed by atoms with Crippen LogP contribution in [0, 0.1) is 0 Å². The van der Waals surface area contributed by atoms with Crippen LogP contribution in [0.3, 0.4) is 0 Å². The van der Waals surface area contributed by atoms with Gasteiger partial charge in [-0.25, -0.2) is 4.98 Å². The van der Waals surface area contributed by atoms with E-state index < -0.39 is 0 Å². The van der Waals surface area contributed by atoms with Crippen LogP contribution in [0.2, 0.25) is 5.02 Å². The number of halogens is 2. The highest BCUT2D eigenvalue weighted by atomic mass is 79.9. The number of carbonyl (C=O) groups excluding carboxylic acids is 1. The smallest absolute Gasteiger partial charge is 0.244 e. The van der Waals surface area contributed by atoms with Crippen LogP contribution in [-0.2, 0) is 4.79 Å². The molecule has 2 rings (SSSR count). The molecule has 0 bridgehead atoms. The number of pyridine rings is 1. The molecule has 1 unspecified atom stereocenters. The summed E-state index contributed by atoms with van der Waals surface area (Å²) in [6, 6.07) is 1.47. The number of rotatable bonds is 3. The van der Waals surface area contributed by atoms with E-state index in [0.717, 1.165) is 30.4 Å². The lowest BCUT2D eigenvalue weighted by Crippen LogP contribution is -2.39. The van der Waals surface area contributed by atoms with Crippen LogP contribution in [0.5, 0.6) is 0 Å². The second-order valence-electron chi connectivity index (χ2n) is 4.38. The van der Waals surface area contributed by atoms with E-state index in [1.54, 1.807) is 12.3 Å². The molecule has 1 atom stereocenters. The zero-order valence-corrected chi connectivity index (χ0v) is 12.5. The number of nitrogens with one attached hydrogen (secondary N) is 1. The van der Waals surface area contributed by atoms with Crippen molar-refractivity contribution in [3.63, 3.8) is 0 Å². The maximum atomic E-state index is 12.1. The van der Waals surface area contributed by atoms with Crippen molar-refractivity contribution >= 4 is 39.3 Å². The molecule has 0 aliphatic carbocycles. The Labute approximate surface area is 120 Å². The first-order valence-corrected chi connectivity index (χ1v) is 7.11. The van der Waals surface area contributed by atoms with Gasteiger partial charge in [-0.15, -0.1) is 0 Å². The van der Waals surface area contributed by atoms with E-state index in [2.05, 4.69) is 26.2 Å². The van der Waals surface area contributed by atoms with Crippen LogP contribution in [0.4, 0.5) is 5.82 Å². The van der Waals surface area contributed by atoms with E-state index in [1.165, 1.54) is 0 Å². The van der Waals surface area contributed by atoms with Gasteiger partial charge in [-0.3, -0.25) is 4.79 Å². The molecule has 1 aromatic heterocycles. The van der Waals surface area contributed by atoms with Crippen LogP contribution in [0.1, 0.15) is 19.8 Å². The minimum atomic E-state index is -0.284. The molecule has 1 aliphatic heterocycles. The van der Waals surface area contributed by atoms with Crippen LogP contribution < -0.4 is 5.32 Å². The number of carbonyl (C=O) groups is 1. The van der Waals surface area contributed by atoms with E-state index in [1.807, 2.05) is 11.8 Å². The Morgan fingerprint density at radius 3 is 2.83 bits per heavy atom. The third kappa shape index (κ3) is 3.14. The van der Waals surface area contributed by atoms with Crippen LogP contribution in [0.15, 0.2) is 16.7 Å². The average molecular weight is 333 g/mol. The van der Waals surface area contributed by atoms with E-state index in [-0.39, 0.29) is 11.9 Å². The Morgan fingerprint density at radius 2 is 2.22 bits per heavy atom. The second-order valence-corrected chi connectivity index (χ2v) is 5.67. The van der Waals surface area contributed by atoms with Crippen molar-refractivity contribution in [1.29, 1.82) is 0 Å². The SMILES string of the molecule is CC(Nc1ncc(Cl)cc1Br)C(=O)N1CCCC1. The van der Waals surface area contributed by atoms with Crippen molar-refractivity contribution in [2.45, 2.75) is 25.8 Å². The zero-order chi connectivity index (χ0) is 13.1. The van der Waals surface area contributed by atoms with Crippen LogP contribution in [0.25, 0.3) is 0 Å². The number of nitrogens with zero attached hydrogens (tertiary/aromatic N) is 2. The van der Waals surface area contributed by atoms with Gasteiger partial charge in [-0.2, -0.15) is 0 Å². The van der Waals surface area contributed by atoms with E-state index >= 15 is 0 Å². The molecule has 18 heavy (non-hydrogen) atoms. The third-order valence-corrected chi connectivity index (χ3v) is 3.76. The maximum absolute atomic E-state index is 12.1. The third-order valence-electron chi connectivity index (χ3n) is 2.95. The van der Waals surface area contributed by atoms with Gasteiger partial charge in [0.2, 0.25) is 5.91 Å². The quantitative estimate of drug-likeness (QED) is 0.925. The predicted octanol–water partition coefficient (Wildman–Crippen LogP) is 2.92. The Balaban J connectivity index is 2.01. The van der Waals surface area contributed by atoms with Gasteiger partial charge < -0.3 is 10.2 Å². The van der Waals surface area contributed by atoms with Gasteiger partial charge in [0, 0.05) is 19.3 Å². The van der Waals surface area contributed by atoms with E-state index in [4.69, 9.17) is 11.6 Å². The molecular weight excluding hydrogens is 318 g/mol. The van der Waals surface area contributed by atoms with Gasteiger partial charge in [0.15, 0.2) is 0 Å². The average Bonchev–Trinajstić information content (AvgIpc) is 2.85. The molecule has 6 heteroatoms. The summed E-state index contributed by atoms with van der Waals surface area (Å²) in [7, 11) is 0. The van der Waals surface area contributed by atoms with Crippen molar-refractivity contribution in [2.75, 3.05) is 18.4 Å². The lowest BCUT2D eigenvalue weighted by Gasteiger charge is -2.21. The van der Waals surface area contributed by atoms with Crippen molar-refractivity contribution in [3.05, 3.63) is 21.8 Å². The van der Waals surface area contributed by atoms with Gasteiger partial charge in [-0.05, 0) is 41.8 Å². The molecule has 0 spiro atoms. The highest BCUT2D eigenvalue weighted by molar-refractivity contribution is 9.10. The summed E-state index contributed by atoms with van der Waals surface area (Å²) >= 11 is 9.20. The van der Waals surface area contributed by atoms with Crippen LogP contribution >= 0.6 is 27.5 Å². The molecule has 0 radical (unpaired) electrons. The molecule has 1 fully saturated rings. The summed E-state index contributed by atoms with van der Waals surface area (Å²) in [4.78, 5) is 18.2. The summed E-state index contributed by atoms with van der Waals surface area (Å²) in [5.74, 6) is 0.760. The fourth-order valence-electron chi connectivity index (χ4n) is 2.00. The first kappa shape index (κ1) is 13.6. The Morgan fingerprint density at radius 1 is 1.56 bits per heavy atom. The highest BCUT2D eigenvalue weighted by Gasteiger charge is 2.23. The first-order valence-electron chi connectivity index (χ1n) is 5.94. The van der Waals surface area contributed by atoms with Gasteiger partial charge in [-0.1, -0.05) is 11.6 Å². The fourth-order valence-corrected chi connectivity index (χ4v) is 2.75. The van der Waals surface area contributed by atoms with Crippen molar-refractivity contribution in [3.8, 4) is 0 Å². The standard InChI is InChI=1S/C12H15BrClN3O/c1-8(12(18)17-4-2-3-5-17)16-11-10(13)6-9(14)7-15-11/h6-8H,2-5H2,1H3,(H,15,16). The number of hydrogen-bond donors (Lipinski definition) is 1. The second kappa shape index (κ2) is 5.89. The molecule has 1 amide bonds. The van der Waals surface area contributed by atoms with Gasteiger partial charge >= 0.3 is 0 Å². The van der Waals surface area contributed by atoms with E-state index in [0.29, 0.717) is 10.8 Å². The number of aromatic nitrogens is 1. The van der Waals surface area contributed by atoms with Crippen molar-refractivity contribution in [1.82, 2.24) is 9.88 Å². The Bertz CT molecular complexity index is 449. The number of hydrogen-bond acceptors (Lipinski definition) is 3. The van der Waals surface area contributed by atoms with Crippen molar-refractivity contribution < 1.29 is 4.79 Å². The predicted molar refractivity (Wildman–Crippen MR) is 75.8 cm³/mol. The van der Waals surface area contributed by atoms with Crippen molar-refractivity contribution in [2.24, 2.45) is 0 Å². The maximum Gasteiger partial charge on any atom is 0.244 e. The zero-order valence-electron chi connectivity index (χ0n) is 10.1. The summed E-state index contributed by atoms with van der Waals surface area (Å²) < 4.78 is 0.760. The van der Waals surface area contributed by atoms with Gasteiger partial charge in [0.05, 0.1) is 9.50 Å². The summed E-state index contributed by atoms with van der Waals surface area (Å²) in [5.41, 5.74) is 0. The summed E-state index contributed by atoms with van der Waals surface area (Å²) in [5, 5.41) is 3.67.